The number of carboxylic acids is 2. The number of amides is 3. The van der Waals surface area contributed by atoms with Gasteiger partial charge in [-0.25, -0.2) is 4.79 Å². The van der Waals surface area contributed by atoms with Gasteiger partial charge in [-0.05, 0) is 24.2 Å². The molecule has 0 aromatic carbocycles. The molecule has 11 nitrogen and oxygen atoms in total. The fourth-order valence-corrected chi connectivity index (χ4v) is 3.14. The van der Waals surface area contributed by atoms with Crippen molar-refractivity contribution in [3.05, 3.63) is 0 Å². The molecule has 0 aliphatic heterocycles. The smallest absolute Gasteiger partial charge is 0.326 e. The molecule has 0 spiro atoms. The molecule has 0 heterocycles. The van der Waals surface area contributed by atoms with Gasteiger partial charge in [-0.3, -0.25) is 19.2 Å². The molecule has 3 amide bonds. The van der Waals surface area contributed by atoms with Crippen molar-refractivity contribution in [2.45, 2.75) is 91.4 Å². The zero-order chi connectivity index (χ0) is 25.9. The van der Waals surface area contributed by atoms with Gasteiger partial charge < -0.3 is 31.9 Å². The van der Waals surface area contributed by atoms with Crippen molar-refractivity contribution in [2.24, 2.45) is 23.5 Å². The second kappa shape index (κ2) is 14.5. The first kappa shape index (κ1) is 30.3. The van der Waals surface area contributed by atoms with Crippen LogP contribution in [0.1, 0.15) is 67.2 Å². The van der Waals surface area contributed by atoms with E-state index in [0.717, 1.165) is 0 Å². The Morgan fingerprint density at radius 3 is 1.55 bits per heavy atom. The largest absolute Gasteiger partial charge is 0.481 e. The van der Waals surface area contributed by atoms with Crippen LogP contribution in [0.3, 0.4) is 0 Å². The molecule has 0 saturated carbocycles. The summed E-state index contributed by atoms with van der Waals surface area (Å²) in [6.07, 6.45) is 0.687. The number of hydrogen-bond acceptors (Lipinski definition) is 6. The Morgan fingerprint density at radius 2 is 1.18 bits per heavy atom. The molecule has 6 unspecified atom stereocenters. The minimum Gasteiger partial charge on any atom is -0.481 e. The number of rotatable bonds is 15. The highest BCUT2D eigenvalue weighted by Crippen LogP contribution is 2.14. The molecule has 0 fully saturated rings. The second-order valence-electron chi connectivity index (χ2n) is 8.98. The monoisotopic (exact) mass is 472 g/mol. The molecule has 0 saturated heterocycles. The van der Waals surface area contributed by atoms with Crippen LogP contribution < -0.4 is 21.7 Å². The van der Waals surface area contributed by atoms with Gasteiger partial charge in [0, 0.05) is 0 Å². The van der Waals surface area contributed by atoms with E-state index in [1.165, 1.54) is 0 Å². The molecule has 0 rings (SSSR count). The van der Waals surface area contributed by atoms with Gasteiger partial charge in [0.1, 0.15) is 18.1 Å². The summed E-state index contributed by atoms with van der Waals surface area (Å²) in [5.74, 6) is -5.06. The van der Waals surface area contributed by atoms with Crippen LogP contribution in [-0.4, -0.2) is 64.0 Å². The fraction of sp³-hybridized carbons (Fsp3) is 0.773. The number of hydrogen-bond donors (Lipinski definition) is 6. The molecule has 0 aromatic heterocycles. The zero-order valence-corrected chi connectivity index (χ0v) is 20.4. The third-order valence-electron chi connectivity index (χ3n) is 5.64. The lowest BCUT2D eigenvalue weighted by Crippen LogP contribution is -2.60. The van der Waals surface area contributed by atoms with Crippen LogP contribution in [-0.2, 0) is 24.0 Å². The molecule has 11 heteroatoms. The highest BCUT2D eigenvalue weighted by Gasteiger charge is 2.34. The van der Waals surface area contributed by atoms with Crippen molar-refractivity contribution < 1.29 is 34.2 Å². The number of nitrogens with one attached hydrogen (secondary N) is 3. The Kier molecular flexibility index (Phi) is 13.3. The lowest BCUT2D eigenvalue weighted by atomic mass is 9.94. The van der Waals surface area contributed by atoms with Crippen molar-refractivity contribution in [3.8, 4) is 0 Å². The van der Waals surface area contributed by atoms with Gasteiger partial charge in [0.05, 0.1) is 12.5 Å². The molecule has 33 heavy (non-hydrogen) atoms. The number of carbonyl (C=O) groups excluding carboxylic acids is 3. The summed E-state index contributed by atoms with van der Waals surface area (Å²) in [4.78, 5) is 60.7. The lowest BCUT2D eigenvalue weighted by Gasteiger charge is -2.30. The number of carbonyl (C=O) groups is 5. The van der Waals surface area contributed by atoms with Crippen LogP contribution >= 0.6 is 0 Å². The standard InChI is InChI=1S/C22H40N4O7/c1-7-12(5)17(20(30)24-15(22(32)33)9-11(3)4)26-21(31)18(13(6)8-2)25-19(29)14(23)10-16(27)28/h11-15,17-18H,7-10,23H2,1-6H3,(H,24,30)(H,25,29)(H,26,31)(H,27,28)(H,32,33). The van der Waals surface area contributed by atoms with E-state index in [1.54, 1.807) is 13.8 Å². The quantitative estimate of drug-likeness (QED) is 0.198. The van der Waals surface area contributed by atoms with Crippen LogP contribution in [0.4, 0.5) is 0 Å². The average molecular weight is 473 g/mol. The molecule has 6 atom stereocenters. The van der Waals surface area contributed by atoms with E-state index in [1.807, 2.05) is 27.7 Å². The maximum Gasteiger partial charge on any atom is 0.326 e. The van der Waals surface area contributed by atoms with Crippen molar-refractivity contribution in [1.82, 2.24) is 16.0 Å². The summed E-state index contributed by atoms with van der Waals surface area (Å²) < 4.78 is 0. The first-order valence-corrected chi connectivity index (χ1v) is 11.4. The van der Waals surface area contributed by atoms with E-state index in [4.69, 9.17) is 10.8 Å². The summed E-state index contributed by atoms with van der Waals surface area (Å²) in [6, 6.07) is -4.50. The van der Waals surface area contributed by atoms with Gasteiger partial charge >= 0.3 is 11.9 Å². The molecule has 0 aliphatic carbocycles. The van der Waals surface area contributed by atoms with Crippen molar-refractivity contribution in [2.75, 3.05) is 0 Å². The predicted molar refractivity (Wildman–Crippen MR) is 122 cm³/mol. The Bertz CT molecular complexity index is 698. The van der Waals surface area contributed by atoms with Gasteiger partial charge in [0.2, 0.25) is 17.7 Å². The van der Waals surface area contributed by atoms with Crippen LogP contribution in [0.15, 0.2) is 0 Å². The number of aliphatic carboxylic acids is 2. The van der Waals surface area contributed by atoms with Crippen LogP contribution in [0.2, 0.25) is 0 Å². The van der Waals surface area contributed by atoms with E-state index in [-0.39, 0.29) is 24.2 Å². The molecule has 0 bridgehead atoms. The predicted octanol–water partition coefficient (Wildman–Crippen LogP) is 0.466. The van der Waals surface area contributed by atoms with Crippen LogP contribution in [0, 0.1) is 17.8 Å². The average Bonchev–Trinajstić information content (AvgIpc) is 2.72. The summed E-state index contributed by atoms with van der Waals surface area (Å²) in [6.45, 7) is 10.8. The summed E-state index contributed by atoms with van der Waals surface area (Å²) in [7, 11) is 0. The third kappa shape index (κ3) is 10.6. The van der Waals surface area contributed by atoms with E-state index < -0.39 is 60.2 Å². The van der Waals surface area contributed by atoms with Crippen LogP contribution in [0.25, 0.3) is 0 Å². The zero-order valence-electron chi connectivity index (χ0n) is 20.4. The molecule has 0 aromatic rings. The van der Waals surface area contributed by atoms with E-state index in [2.05, 4.69) is 16.0 Å². The van der Waals surface area contributed by atoms with Gasteiger partial charge in [-0.2, -0.15) is 0 Å². The van der Waals surface area contributed by atoms with E-state index >= 15 is 0 Å². The van der Waals surface area contributed by atoms with Crippen molar-refractivity contribution >= 4 is 29.7 Å². The van der Waals surface area contributed by atoms with Gasteiger partial charge in [0.25, 0.3) is 0 Å². The highest BCUT2D eigenvalue weighted by atomic mass is 16.4. The maximum atomic E-state index is 13.1. The van der Waals surface area contributed by atoms with E-state index in [0.29, 0.717) is 12.8 Å². The molecular weight excluding hydrogens is 432 g/mol. The molecular formula is C22H40N4O7. The Balaban J connectivity index is 5.62. The van der Waals surface area contributed by atoms with E-state index in [9.17, 15) is 29.1 Å². The van der Waals surface area contributed by atoms with Crippen molar-refractivity contribution in [1.29, 1.82) is 0 Å². The second-order valence-corrected chi connectivity index (χ2v) is 8.98. The molecule has 0 aliphatic rings. The summed E-state index contributed by atoms with van der Waals surface area (Å²) >= 11 is 0. The first-order chi connectivity index (χ1) is 15.2. The minimum atomic E-state index is -1.33. The van der Waals surface area contributed by atoms with Crippen LogP contribution in [0.5, 0.6) is 0 Å². The number of carboxylic acid groups (broad SMARTS) is 2. The molecule has 190 valence electrons. The van der Waals surface area contributed by atoms with Crippen molar-refractivity contribution in [3.63, 3.8) is 0 Å². The van der Waals surface area contributed by atoms with Gasteiger partial charge in [-0.15, -0.1) is 0 Å². The molecule has 7 N–H and O–H groups in total. The third-order valence-corrected chi connectivity index (χ3v) is 5.64. The highest BCUT2D eigenvalue weighted by molar-refractivity contribution is 5.95. The molecule has 0 radical (unpaired) electrons. The SMILES string of the molecule is CCC(C)C(NC(=O)C(N)CC(=O)O)C(=O)NC(C(=O)NC(CC(C)C)C(=O)O)C(C)CC. The topological polar surface area (TPSA) is 188 Å². The Labute approximate surface area is 195 Å². The number of nitrogens with two attached hydrogens (primary N) is 1. The normalized spacial score (nSPS) is 16.6. The van der Waals surface area contributed by atoms with Gasteiger partial charge in [0.15, 0.2) is 0 Å². The Hall–Kier alpha value is -2.69. The Morgan fingerprint density at radius 1 is 0.758 bits per heavy atom. The van der Waals surface area contributed by atoms with Gasteiger partial charge in [-0.1, -0.05) is 54.4 Å². The minimum absolute atomic E-state index is 0.0306. The lowest BCUT2D eigenvalue weighted by molar-refractivity contribution is -0.143. The maximum absolute atomic E-state index is 13.1. The summed E-state index contributed by atoms with van der Waals surface area (Å²) in [5.41, 5.74) is 5.61. The fourth-order valence-electron chi connectivity index (χ4n) is 3.14. The first-order valence-electron chi connectivity index (χ1n) is 11.4. The summed E-state index contributed by atoms with van der Waals surface area (Å²) in [5, 5.41) is 25.9.